The van der Waals surface area contributed by atoms with Crippen molar-refractivity contribution in [3.05, 3.63) is 27.7 Å². The third-order valence-corrected chi connectivity index (χ3v) is 4.99. The Labute approximate surface area is 132 Å². The molecule has 0 aliphatic heterocycles. The van der Waals surface area contributed by atoms with Gasteiger partial charge < -0.3 is 5.32 Å². The highest BCUT2D eigenvalue weighted by Gasteiger charge is 2.23. The molecule has 20 heavy (non-hydrogen) atoms. The van der Waals surface area contributed by atoms with Crippen LogP contribution in [0.3, 0.4) is 0 Å². The SMILES string of the molecule is Cc1cc(C)c(NC2CCCC(CC(C)C)C2)c(Br)c1. The minimum atomic E-state index is 0.644. The molecule has 0 saturated heterocycles. The molecule has 0 amide bonds. The minimum Gasteiger partial charge on any atom is -0.381 e. The fraction of sp³-hybridized carbons (Fsp3) is 0.667. The first-order valence-corrected chi connectivity index (χ1v) is 8.78. The van der Waals surface area contributed by atoms with Crippen molar-refractivity contribution in [2.45, 2.75) is 65.8 Å². The molecule has 1 aromatic carbocycles. The Morgan fingerprint density at radius 3 is 2.65 bits per heavy atom. The second-order valence-electron chi connectivity index (χ2n) is 6.94. The molecule has 0 heterocycles. The fourth-order valence-corrected chi connectivity index (χ4v) is 4.39. The molecule has 2 rings (SSSR count). The highest BCUT2D eigenvalue weighted by molar-refractivity contribution is 9.10. The van der Waals surface area contributed by atoms with Crippen LogP contribution in [0, 0.1) is 25.7 Å². The molecule has 2 unspecified atom stereocenters. The maximum Gasteiger partial charge on any atom is 0.0516 e. The maximum atomic E-state index is 3.80. The Morgan fingerprint density at radius 2 is 2.00 bits per heavy atom. The van der Waals surface area contributed by atoms with E-state index in [0.29, 0.717) is 6.04 Å². The van der Waals surface area contributed by atoms with Crippen molar-refractivity contribution in [3.63, 3.8) is 0 Å². The van der Waals surface area contributed by atoms with E-state index >= 15 is 0 Å². The second-order valence-corrected chi connectivity index (χ2v) is 7.80. The van der Waals surface area contributed by atoms with Gasteiger partial charge in [0.25, 0.3) is 0 Å². The van der Waals surface area contributed by atoms with E-state index < -0.39 is 0 Å². The van der Waals surface area contributed by atoms with Gasteiger partial charge in [-0.25, -0.2) is 0 Å². The Balaban J connectivity index is 2.03. The summed E-state index contributed by atoms with van der Waals surface area (Å²) in [5, 5.41) is 3.80. The van der Waals surface area contributed by atoms with E-state index in [9.17, 15) is 0 Å². The van der Waals surface area contributed by atoms with Gasteiger partial charge in [0, 0.05) is 10.5 Å². The van der Waals surface area contributed by atoms with Crippen molar-refractivity contribution >= 4 is 21.6 Å². The number of anilines is 1. The molecule has 1 fully saturated rings. The first kappa shape index (κ1) is 15.9. The van der Waals surface area contributed by atoms with E-state index in [0.717, 1.165) is 11.8 Å². The van der Waals surface area contributed by atoms with Crippen LogP contribution < -0.4 is 5.32 Å². The molecule has 1 saturated carbocycles. The summed E-state index contributed by atoms with van der Waals surface area (Å²) in [4.78, 5) is 0. The van der Waals surface area contributed by atoms with E-state index in [1.165, 1.54) is 53.4 Å². The van der Waals surface area contributed by atoms with Crippen molar-refractivity contribution in [2.75, 3.05) is 5.32 Å². The van der Waals surface area contributed by atoms with Crippen LogP contribution in [0.5, 0.6) is 0 Å². The topological polar surface area (TPSA) is 12.0 Å². The van der Waals surface area contributed by atoms with Gasteiger partial charge in [0.1, 0.15) is 0 Å². The molecule has 1 aliphatic carbocycles. The summed E-state index contributed by atoms with van der Waals surface area (Å²) in [5.74, 6) is 1.73. The molecule has 1 aromatic rings. The number of halogens is 1. The van der Waals surface area contributed by atoms with Gasteiger partial charge in [0.2, 0.25) is 0 Å². The zero-order chi connectivity index (χ0) is 14.7. The van der Waals surface area contributed by atoms with Crippen molar-refractivity contribution in [1.82, 2.24) is 0 Å². The third kappa shape index (κ3) is 4.25. The Kier molecular flexibility index (Phi) is 5.54. The number of rotatable bonds is 4. The van der Waals surface area contributed by atoms with E-state index in [1.807, 2.05) is 0 Å². The average Bonchev–Trinajstić information content (AvgIpc) is 2.33. The smallest absolute Gasteiger partial charge is 0.0516 e. The van der Waals surface area contributed by atoms with Crippen LogP contribution in [0.2, 0.25) is 0 Å². The number of hydrogen-bond donors (Lipinski definition) is 1. The molecule has 0 aromatic heterocycles. The Hall–Kier alpha value is -0.500. The highest BCUT2D eigenvalue weighted by atomic mass is 79.9. The third-order valence-electron chi connectivity index (χ3n) is 4.37. The molecule has 1 aliphatic rings. The molecule has 0 spiro atoms. The van der Waals surface area contributed by atoms with Gasteiger partial charge in [-0.1, -0.05) is 32.8 Å². The zero-order valence-electron chi connectivity index (χ0n) is 13.3. The zero-order valence-corrected chi connectivity index (χ0v) is 14.9. The number of nitrogens with one attached hydrogen (secondary N) is 1. The molecule has 2 heteroatoms. The van der Waals surface area contributed by atoms with Gasteiger partial charge >= 0.3 is 0 Å². The number of hydrogen-bond acceptors (Lipinski definition) is 1. The molecule has 1 N–H and O–H groups in total. The molecule has 2 atom stereocenters. The van der Waals surface area contributed by atoms with Gasteiger partial charge in [-0.2, -0.15) is 0 Å². The van der Waals surface area contributed by atoms with Crippen LogP contribution in [0.25, 0.3) is 0 Å². The van der Waals surface area contributed by atoms with Crippen molar-refractivity contribution < 1.29 is 0 Å². The van der Waals surface area contributed by atoms with Crippen LogP contribution in [0.1, 0.15) is 57.1 Å². The van der Waals surface area contributed by atoms with Crippen molar-refractivity contribution in [3.8, 4) is 0 Å². The van der Waals surface area contributed by atoms with E-state index in [-0.39, 0.29) is 0 Å². The summed E-state index contributed by atoms with van der Waals surface area (Å²) in [6.07, 6.45) is 6.82. The lowest BCUT2D eigenvalue weighted by Gasteiger charge is -2.32. The quantitative estimate of drug-likeness (QED) is 0.701. The van der Waals surface area contributed by atoms with Gasteiger partial charge in [0.15, 0.2) is 0 Å². The fourth-order valence-electron chi connectivity index (χ4n) is 3.61. The average molecular weight is 338 g/mol. The lowest BCUT2D eigenvalue weighted by Crippen LogP contribution is -2.28. The molecule has 1 nitrogen and oxygen atoms in total. The molecule has 112 valence electrons. The van der Waals surface area contributed by atoms with Crippen LogP contribution in [0.15, 0.2) is 16.6 Å². The van der Waals surface area contributed by atoms with Crippen LogP contribution in [0.4, 0.5) is 5.69 Å². The molecular weight excluding hydrogens is 310 g/mol. The summed E-state index contributed by atoms with van der Waals surface area (Å²) in [6, 6.07) is 5.12. The first-order chi connectivity index (χ1) is 9.45. The van der Waals surface area contributed by atoms with Crippen LogP contribution in [-0.4, -0.2) is 6.04 Å². The molecular formula is C18H28BrN. The second kappa shape index (κ2) is 6.98. The predicted molar refractivity (Wildman–Crippen MR) is 92.4 cm³/mol. The number of benzene rings is 1. The predicted octanol–water partition coefficient (Wildman–Crippen LogP) is 6.08. The molecule has 0 bridgehead atoms. The lowest BCUT2D eigenvalue weighted by atomic mass is 9.81. The van der Waals surface area contributed by atoms with Crippen molar-refractivity contribution in [2.24, 2.45) is 11.8 Å². The normalized spacial score (nSPS) is 23.1. The summed E-state index contributed by atoms with van der Waals surface area (Å²) < 4.78 is 1.21. The van der Waals surface area contributed by atoms with Crippen LogP contribution >= 0.6 is 15.9 Å². The van der Waals surface area contributed by atoms with E-state index in [2.05, 4.69) is 61.1 Å². The van der Waals surface area contributed by atoms with E-state index in [1.54, 1.807) is 0 Å². The van der Waals surface area contributed by atoms with Gasteiger partial charge in [-0.3, -0.25) is 0 Å². The van der Waals surface area contributed by atoms with Gasteiger partial charge in [-0.05, 0) is 78.1 Å². The first-order valence-electron chi connectivity index (χ1n) is 7.99. The van der Waals surface area contributed by atoms with Gasteiger partial charge in [-0.15, -0.1) is 0 Å². The summed E-state index contributed by atoms with van der Waals surface area (Å²) >= 11 is 3.72. The standard InChI is InChI=1S/C18H28BrN/c1-12(2)8-15-6-5-7-16(11-15)20-18-14(4)9-13(3)10-17(18)19/h9-10,12,15-16,20H,5-8,11H2,1-4H3. The van der Waals surface area contributed by atoms with E-state index in [4.69, 9.17) is 0 Å². The minimum absolute atomic E-state index is 0.644. The Morgan fingerprint density at radius 1 is 1.25 bits per heavy atom. The van der Waals surface area contributed by atoms with Crippen molar-refractivity contribution in [1.29, 1.82) is 0 Å². The summed E-state index contributed by atoms with van der Waals surface area (Å²) in [7, 11) is 0. The largest absolute Gasteiger partial charge is 0.381 e. The monoisotopic (exact) mass is 337 g/mol. The molecule has 0 radical (unpaired) electrons. The lowest BCUT2D eigenvalue weighted by molar-refractivity contribution is 0.289. The maximum absolute atomic E-state index is 3.80. The summed E-state index contributed by atoms with van der Waals surface area (Å²) in [5.41, 5.74) is 3.97. The highest BCUT2D eigenvalue weighted by Crippen LogP contribution is 2.34. The summed E-state index contributed by atoms with van der Waals surface area (Å²) in [6.45, 7) is 9.05. The van der Waals surface area contributed by atoms with Crippen LogP contribution in [-0.2, 0) is 0 Å². The number of aryl methyl sites for hydroxylation is 2. The Bertz CT molecular complexity index is 430. The van der Waals surface area contributed by atoms with Gasteiger partial charge in [0.05, 0.1) is 5.69 Å².